The van der Waals surface area contributed by atoms with Crippen molar-refractivity contribution in [1.82, 2.24) is 15.1 Å². The van der Waals surface area contributed by atoms with Crippen molar-refractivity contribution in [1.29, 1.82) is 0 Å². The van der Waals surface area contributed by atoms with Crippen LogP contribution in [-0.4, -0.2) is 47.8 Å². The third-order valence-corrected chi connectivity index (χ3v) is 3.74. The fourth-order valence-electron chi connectivity index (χ4n) is 2.17. The summed E-state index contributed by atoms with van der Waals surface area (Å²) in [6.07, 6.45) is 1.12. The lowest BCUT2D eigenvalue weighted by molar-refractivity contribution is 0.213. The summed E-state index contributed by atoms with van der Waals surface area (Å²) in [7, 11) is 2.16. The van der Waals surface area contributed by atoms with Gasteiger partial charge in [0.15, 0.2) is 10.3 Å². The molecular formula is C11H16Cl2N4. The van der Waals surface area contributed by atoms with E-state index in [1.807, 2.05) is 0 Å². The molecule has 2 heterocycles. The molecule has 1 atom stereocenters. The quantitative estimate of drug-likeness (QED) is 0.829. The van der Waals surface area contributed by atoms with Crippen LogP contribution in [0.5, 0.6) is 0 Å². The fourth-order valence-corrected chi connectivity index (χ4v) is 2.52. The number of hydrogen-bond acceptors (Lipinski definition) is 4. The minimum absolute atomic E-state index is 0.386. The maximum absolute atomic E-state index is 6.07. The second-order valence-electron chi connectivity index (χ2n) is 4.33. The van der Waals surface area contributed by atoms with Gasteiger partial charge in [0.2, 0.25) is 0 Å². The zero-order valence-corrected chi connectivity index (χ0v) is 11.5. The highest BCUT2D eigenvalue weighted by Crippen LogP contribution is 2.27. The van der Waals surface area contributed by atoms with Crippen LogP contribution >= 0.6 is 23.2 Å². The first-order valence-electron chi connectivity index (χ1n) is 5.75. The van der Waals surface area contributed by atoms with Gasteiger partial charge in [0.05, 0.1) is 5.69 Å². The fraction of sp³-hybridized carbons (Fsp3) is 0.636. The van der Waals surface area contributed by atoms with Crippen LogP contribution in [0.1, 0.15) is 13.3 Å². The van der Waals surface area contributed by atoms with Crippen molar-refractivity contribution < 1.29 is 0 Å². The van der Waals surface area contributed by atoms with Gasteiger partial charge in [-0.05, 0) is 13.5 Å². The van der Waals surface area contributed by atoms with E-state index in [-0.39, 0.29) is 0 Å². The first-order chi connectivity index (χ1) is 8.11. The van der Waals surface area contributed by atoms with Crippen molar-refractivity contribution in [3.05, 3.63) is 16.4 Å². The van der Waals surface area contributed by atoms with Crippen LogP contribution < -0.4 is 4.90 Å². The van der Waals surface area contributed by atoms with Crippen LogP contribution in [0.3, 0.4) is 0 Å². The smallest absolute Gasteiger partial charge is 0.175 e. The third kappa shape index (κ3) is 2.81. The van der Waals surface area contributed by atoms with Gasteiger partial charge in [-0.15, -0.1) is 10.2 Å². The first kappa shape index (κ1) is 12.9. The van der Waals surface area contributed by atoms with Crippen molar-refractivity contribution in [2.75, 3.05) is 31.6 Å². The highest BCUT2D eigenvalue weighted by atomic mass is 35.5. The number of anilines is 1. The topological polar surface area (TPSA) is 32.3 Å². The van der Waals surface area contributed by atoms with Crippen LogP contribution in [-0.2, 0) is 0 Å². The minimum atomic E-state index is 0.386. The molecule has 0 saturated carbocycles. The molecule has 1 unspecified atom stereocenters. The van der Waals surface area contributed by atoms with Crippen molar-refractivity contribution in [3.63, 3.8) is 0 Å². The van der Waals surface area contributed by atoms with Gasteiger partial charge in [-0.25, -0.2) is 0 Å². The Bertz CT molecular complexity index is 399. The number of hydrogen-bond donors (Lipinski definition) is 0. The second kappa shape index (κ2) is 5.38. The summed E-state index contributed by atoms with van der Waals surface area (Å²) in [6.45, 7) is 5.11. The molecule has 0 spiro atoms. The summed E-state index contributed by atoms with van der Waals surface area (Å²) in [5.74, 6) is 0. The summed E-state index contributed by atoms with van der Waals surface area (Å²) in [4.78, 5) is 4.61. The molecule has 1 aliphatic rings. The van der Waals surface area contributed by atoms with Crippen LogP contribution in [0.15, 0.2) is 6.07 Å². The molecule has 1 fully saturated rings. The summed E-state index contributed by atoms with van der Waals surface area (Å²) in [6, 6.07) is 2.33. The zero-order chi connectivity index (χ0) is 12.4. The van der Waals surface area contributed by atoms with E-state index >= 15 is 0 Å². The molecule has 0 amide bonds. The number of likely N-dealkylation sites (N-methyl/N-ethyl adjacent to an activating group) is 1. The third-order valence-electron chi connectivity index (χ3n) is 3.29. The number of rotatable bonds is 2. The summed E-state index contributed by atoms with van der Waals surface area (Å²) in [5, 5.41) is 8.40. The van der Waals surface area contributed by atoms with Gasteiger partial charge >= 0.3 is 0 Å². The van der Waals surface area contributed by atoms with Gasteiger partial charge in [0.25, 0.3) is 0 Å². The molecular weight excluding hydrogens is 259 g/mol. The molecule has 0 radical (unpaired) electrons. The van der Waals surface area contributed by atoms with Crippen molar-refractivity contribution in [2.24, 2.45) is 0 Å². The average molecular weight is 275 g/mol. The molecule has 0 aromatic carbocycles. The number of piperazine rings is 1. The van der Waals surface area contributed by atoms with E-state index in [2.05, 4.69) is 34.0 Å². The monoisotopic (exact) mass is 274 g/mol. The van der Waals surface area contributed by atoms with E-state index in [0.29, 0.717) is 16.3 Å². The van der Waals surface area contributed by atoms with Crippen molar-refractivity contribution >= 4 is 28.9 Å². The summed E-state index contributed by atoms with van der Waals surface area (Å²) < 4.78 is 0. The Morgan fingerprint density at radius 1 is 1.35 bits per heavy atom. The van der Waals surface area contributed by atoms with E-state index in [1.54, 1.807) is 6.07 Å². The molecule has 0 bridgehead atoms. The van der Waals surface area contributed by atoms with Crippen LogP contribution in [0.2, 0.25) is 10.3 Å². The lowest BCUT2D eigenvalue weighted by Crippen LogP contribution is -2.51. The van der Waals surface area contributed by atoms with E-state index in [1.165, 1.54) is 0 Å². The Hall–Kier alpha value is -0.580. The predicted octanol–water partition coefficient (Wildman–Crippen LogP) is 2.31. The molecule has 1 aromatic heterocycles. The maximum atomic E-state index is 6.07. The molecule has 1 aliphatic heterocycles. The van der Waals surface area contributed by atoms with Crippen molar-refractivity contribution in [2.45, 2.75) is 19.4 Å². The molecule has 0 N–H and O–H groups in total. The molecule has 94 valence electrons. The zero-order valence-electron chi connectivity index (χ0n) is 10.0. The van der Waals surface area contributed by atoms with Crippen LogP contribution in [0.4, 0.5) is 5.69 Å². The van der Waals surface area contributed by atoms with Crippen LogP contribution in [0.25, 0.3) is 0 Å². The van der Waals surface area contributed by atoms with Gasteiger partial charge in [-0.1, -0.05) is 30.1 Å². The Labute approximate surface area is 112 Å². The summed E-state index contributed by atoms with van der Waals surface area (Å²) >= 11 is 11.9. The average Bonchev–Trinajstić information content (AvgIpc) is 2.33. The first-order valence-corrected chi connectivity index (χ1v) is 6.51. The maximum Gasteiger partial charge on any atom is 0.175 e. The van der Waals surface area contributed by atoms with Gasteiger partial charge in [0.1, 0.15) is 0 Å². The Morgan fingerprint density at radius 3 is 2.82 bits per heavy atom. The molecule has 4 nitrogen and oxygen atoms in total. The van der Waals surface area contributed by atoms with Gasteiger partial charge in [0, 0.05) is 31.7 Å². The Morgan fingerprint density at radius 2 is 2.12 bits per heavy atom. The molecule has 6 heteroatoms. The van der Waals surface area contributed by atoms with Crippen LogP contribution in [0, 0.1) is 0 Å². The number of aromatic nitrogens is 2. The number of halogens is 2. The van der Waals surface area contributed by atoms with Crippen molar-refractivity contribution in [3.8, 4) is 0 Å². The largest absolute Gasteiger partial charge is 0.366 e. The minimum Gasteiger partial charge on any atom is -0.366 e. The van der Waals surface area contributed by atoms with E-state index in [9.17, 15) is 0 Å². The molecule has 0 aliphatic carbocycles. The Balaban J connectivity index is 2.20. The van der Waals surface area contributed by atoms with E-state index in [0.717, 1.165) is 31.7 Å². The van der Waals surface area contributed by atoms with Gasteiger partial charge in [-0.2, -0.15) is 0 Å². The SMILES string of the molecule is CCC1CN(c2cc(Cl)nnc2Cl)CCN1C. The molecule has 1 saturated heterocycles. The lowest BCUT2D eigenvalue weighted by atomic mass is 10.1. The van der Waals surface area contributed by atoms with E-state index < -0.39 is 0 Å². The predicted molar refractivity (Wildman–Crippen MR) is 71.0 cm³/mol. The van der Waals surface area contributed by atoms with E-state index in [4.69, 9.17) is 23.2 Å². The molecule has 2 rings (SSSR count). The second-order valence-corrected chi connectivity index (χ2v) is 5.08. The standard InChI is InChI=1S/C11H16Cl2N4/c1-3-8-7-17(5-4-16(8)2)9-6-10(12)14-15-11(9)13/h6,8H,3-5,7H2,1-2H3. The van der Waals surface area contributed by atoms with Gasteiger partial charge < -0.3 is 4.90 Å². The molecule has 1 aromatic rings. The summed E-state index contributed by atoms with van der Waals surface area (Å²) in [5.41, 5.74) is 0.887. The highest BCUT2D eigenvalue weighted by Gasteiger charge is 2.24. The number of nitrogens with zero attached hydrogens (tertiary/aromatic N) is 4. The molecule has 17 heavy (non-hydrogen) atoms. The Kier molecular flexibility index (Phi) is 4.07. The normalized spacial score (nSPS) is 21.9. The highest BCUT2D eigenvalue weighted by molar-refractivity contribution is 6.33. The lowest BCUT2D eigenvalue weighted by Gasteiger charge is -2.40. The van der Waals surface area contributed by atoms with Gasteiger partial charge in [-0.3, -0.25) is 4.90 Å².